The van der Waals surface area contributed by atoms with Crippen LogP contribution in [0.3, 0.4) is 0 Å². The predicted molar refractivity (Wildman–Crippen MR) is 82.6 cm³/mol. The van der Waals surface area contributed by atoms with Crippen molar-refractivity contribution in [2.75, 3.05) is 0 Å². The van der Waals surface area contributed by atoms with Gasteiger partial charge in [0, 0.05) is 17.4 Å². The monoisotopic (exact) mass is 304 g/mol. The Kier molecular flexibility index (Phi) is 4.96. The van der Waals surface area contributed by atoms with Crippen LogP contribution in [0, 0.1) is 5.82 Å². The third kappa shape index (κ3) is 4.16. The van der Waals surface area contributed by atoms with Crippen molar-refractivity contribution < 1.29 is 13.6 Å². The quantitative estimate of drug-likeness (QED) is 0.791. The van der Waals surface area contributed by atoms with Crippen molar-refractivity contribution in [2.24, 2.45) is 5.73 Å². The Balaban J connectivity index is 2.02. The maximum Gasteiger partial charge on any atom is 0.226 e. The van der Waals surface area contributed by atoms with Gasteiger partial charge >= 0.3 is 0 Å². The minimum absolute atomic E-state index is 0.153. The Hall–Kier alpha value is -2.17. The highest BCUT2D eigenvalue weighted by Crippen LogP contribution is 2.31. The van der Waals surface area contributed by atoms with E-state index in [0.29, 0.717) is 12.3 Å². The van der Waals surface area contributed by atoms with E-state index in [1.54, 1.807) is 18.4 Å². The SMILES string of the molecule is CC(C)(CCCCC(N)=O)c1coc(-c2ccc(F)cc2)n1. The van der Waals surface area contributed by atoms with E-state index >= 15 is 0 Å². The second-order valence-corrected chi connectivity index (χ2v) is 6.10. The first-order valence-electron chi connectivity index (χ1n) is 7.39. The largest absolute Gasteiger partial charge is 0.444 e. The summed E-state index contributed by atoms with van der Waals surface area (Å²) in [5.41, 5.74) is 6.59. The van der Waals surface area contributed by atoms with Crippen LogP contribution >= 0.6 is 0 Å². The molecular formula is C17H21FN2O2. The van der Waals surface area contributed by atoms with Crippen LogP contribution in [0.2, 0.25) is 0 Å². The van der Waals surface area contributed by atoms with Crippen LogP contribution in [0.4, 0.5) is 4.39 Å². The van der Waals surface area contributed by atoms with Gasteiger partial charge in [0.2, 0.25) is 11.8 Å². The summed E-state index contributed by atoms with van der Waals surface area (Å²) in [7, 11) is 0. The van der Waals surface area contributed by atoms with Crippen molar-refractivity contribution in [3.05, 3.63) is 42.0 Å². The zero-order valence-electron chi connectivity index (χ0n) is 12.9. The predicted octanol–water partition coefficient (Wildman–Crippen LogP) is 3.80. The third-order valence-corrected chi connectivity index (χ3v) is 3.76. The second-order valence-electron chi connectivity index (χ2n) is 6.10. The summed E-state index contributed by atoms with van der Waals surface area (Å²) in [5, 5.41) is 0. The van der Waals surface area contributed by atoms with Crippen molar-refractivity contribution in [1.29, 1.82) is 0 Å². The van der Waals surface area contributed by atoms with Crippen LogP contribution in [0.5, 0.6) is 0 Å². The molecule has 2 N–H and O–H groups in total. The molecule has 0 radical (unpaired) electrons. The number of unbranched alkanes of at least 4 members (excludes halogenated alkanes) is 1. The van der Waals surface area contributed by atoms with Crippen molar-refractivity contribution >= 4 is 5.91 Å². The molecule has 4 nitrogen and oxygen atoms in total. The molecule has 0 fully saturated rings. The summed E-state index contributed by atoms with van der Waals surface area (Å²) in [6.07, 6.45) is 4.62. The first-order chi connectivity index (χ1) is 10.4. The van der Waals surface area contributed by atoms with Gasteiger partial charge in [-0.15, -0.1) is 0 Å². The summed E-state index contributed by atoms with van der Waals surface area (Å²) < 4.78 is 18.5. The van der Waals surface area contributed by atoms with E-state index < -0.39 is 0 Å². The van der Waals surface area contributed by atoms with Gasteiger partial charge in [0.15, 0.2) is 0 Å². The van der Waals surface area contributed by atoms with E-state index in [1.807, 2.05) is 0 Å². The van der Waals surface area contributed by atoms with Gasteiger partial charge in [-0.2, -0.15) is 0 Å². The lowest BCUT2D eigenvalue weighted by Gasteiger charge is -2.21. The first-order valence-corrected chi connectivity index (χ1v) is 7.39. The highest BCUT2D eigenvalue weighted by atomic mass is 19.1. The molecule has 118 valence electrons. The van der Waals surface area contributed by atoms with E-state index in [0.717, 1.165) is 30.5 Å². The molecule has 0 saturated heterocycles. The molecule has 0 aliphatic carbocycles. The number of rotatable bonds is 7. The molecule has 1 heterocycles. The van der Waals surface area contributed by atoms with Crippen LogP contribution < -0.4 is 5.73 Å². The van der Waals surface area contributed by atoms with Crippen molar-refractivity contribution in [1.82, 2.24) is 4.98 Å². The van der Waals surface area contributed by atoms with E-state index in [1.165, 1.54) is 12.1 Å². The average molecular weight is 304 g/mol. The van der Waals surface area contributed by atoms with E-state index in [9.17, 15) is 9.18 Å². The molecule has 1 aromatic carbocycles. The van der Waals surface area contributed by atoms with E-state index in [4.69, 9.17) is 10.2 Å². The van der Waals surface area contributed by atoms with Gasteiger partial charge < -0.3 is 10.2 Å². The zero-order valence-corrected chi connectivity index (χ0v) is 12.9. The summed E-state index contributed by atoms with van der Waals surface area (Å²) in [4.78, 5) is 15.3. The number of oxazole rings is 1. The number of hydrogen-bond acceptors (Lipinski definition) is 3. The van der Waals surface area contributed by atoms with E-state index in [-0.39, 0.29) is 17.1 Å². The molecule has 1 aromatic heterocycles. The number of nitrogens with zero attached hydrogens (tertiary/aromatic N) is 1. The molecule has 0 spiro atoms. The molecule has 5 heteroatoms. The standard InChI is InChI=1S/C17H21FN2O2/c1-17(2,10-4-3-5-15(19)21)14-11-22-16(20-14)12-6-8-13(18)9-7-12/h6-9,11H,3-5,10H2,1-2H3,(H2,19,21). The fraction of sp³-hybridized carbons (Fsp3) is 0.412. The van der Waals surface area contributed by atoms with Crippen LogP contribution in [-0.2, 0) is 10.2 Å². The maximum atomic E-state index is 12.9. The lowest BCUT2D eigenvalue weighted by atomic mass is 9.84. The maximum absolute atomic E-state index is 12.9. The lowest BCUT2D eigenvalue weighted by molar-refractivity contribution is -0.118. The van der Waals surface area contributed by atoms with Crippen LogP contribution in [-0.4, -0.2) is 10.9 Å². The normalized spacial score (nSPS) is 11.6. The zero-order chi connectivity index (χ0) is 16.2. The number of carbonyl (C=O) groups is 1. The first kappa shape index (κ1) is 16.2. The Bertz CT molecular complexity index is 632. The number of amides is 1. The molecule has 0 bridgehead atoms. The minimum atomic E-state index is -0.287. The van der Waals surface area contributed by atoms with Gasteiger partial charge in [0.1, 0.15) is 12.1 Å². The van der Waals surface area contributed by atoms with E-state index in [2.05, 4.69) is 18.8 Å². The minimum Gasteiger partial charge on any atom is -0.444 e. The molecule has 1 amide bonds. The number of hydrogen-bond donors (Lipinski definition) is 1. The molecular weight excluding hydrogens is 283 g/mol. The van der Waals surface area contributed by atoms with Gasteiger partial charge in [-0.05, 0) is 37.1 Å². The summed E-state index contributed by atoms with van der Waals surface area (Å²) in [6, 6.07) is 6.05. The van der Waals surface area contributed by atoms with Crippen LogP contribution in [0.25, 0.3) is 11.5 Å². The van der Waals surface area contributed by atoms with Gasteiger partial charge in [-0.3, -0.25) is 4.79 Å². The molecule has 0 atom stereocenters. The fourth-order valence-corrected chi connectivity index (χ4v) is 2.30. The van der Waals surface area contributed by atoms with Crippen molar-refractivity contribution in [3.8, 4) is 11.5 Å². The summed E-state index contributed by atoms with van der Waals surface area (Å²) in [6.45, 7) is 4.17. The lowest BCUT2D eigenvalue weighted by Crippen LogP contribution is -2.18. The number of carbonyl (C=O) groups excluding carboxylic acids is 1. The third-order valence-electron chi connectivity index (χ3n) is 3.76. The Morgan fingerprint density at radius 3 is 2.59 bits per heavy atom. The molecule has 2 aromatic rings. The molecule has 2 rings (SSSR count). The molecule has 0 aliphatic heterocycles. The number of halogens is 1. The molecule has 0 unspecified atom stereocenters. The number of nitrogens with two attached hydrogens (primary N) is 1. The van der Waals surface area contributed by atoms with Crippen molar-refractivity contribution in [2.45, 2.75) is 44.9 Å². The smallest absolute Gasteiger partial charge is 0.226 e. The Labute approximate surface area is 129 Å². The Morgan fingerprint density at radius 1 is 1.27 bits per heavy atom. The summed E-state index contributed by atoms with van der Waals surface area (Å²) in [5.74, 6) is -0.0663. The molecule has 0 saturated carbocycles. The molecule has 22 heavy (non-hydrogen) atoms. The Morgan fingerprint density at radius 2 is 1.95 bits per heavy atom. The number of primary amides is 1. The second kappa shape index (κ2) is 6.73. The van der Waals surface area contributed by atoms with Crippen LogP contribution in [0.1, 0.15) is 45.2 Å². The number of benzene rings is 1. The topological polar surface area (TPSA) is 69.1 Å². The highest BCUT2D eigenvalue weighted by Gasteiger charge is 2.24. The van der Waals surface area contributed by atoms with Gasteiger partial charge in [0.25, 0.3) is 0 Å². The average Bonchev–Trinajstić information content (AvgIpc) is 2.95. The van der Waals surface area contributed by atoms with Crippen molar-refractivity contribution in [3.63, 3.8) is 0 Å². The summed E-state index contributed by atoms with van der Waals surface area (Å²) >= 11 is 0. The molecule has 0 aliphatic rings. The van der Waals surface area contributed by atoms with Crippen LogP contribution in [0.15, 0.2) is 34.9 Å². The fourth-order valence-electron chi connectivity index (χ4n) is 2.30. The van der Waals surface area contributed by atoms with Gasteiger partial charge in [-0.25, -0.2) is 9.37 Å². The van der Waals surface area contributed by atoms with Gasteiger partial charge in [-0.1, -0.05) is 20.3 Å². The highest BCUT2D eigenvalue weighted by molar-refractivity contribution is 5.73. The number of aromatic nitrogens is 1. The van der Waals surface area contributed by atoms with Gasteiger partial charge in [0.05, 0.1) is 5.69 Å².